The van der Waals surface area contributed by atoms with Crippen molar-refractivity contribution >= 4 is 23.1 Å². The van der Waals surface area contributed by atoms with Crippen molar-refractivity contribution in [3.05, 3.63) is 81.0 Å². The second-order valence-electron chi connectivity index (χ2n) is 8.91. The molecule has 5 rings (SSSR count). The number of fused-ring (bicyclic) bond motifs is 1. The number of para-hydroxylation sites is 2. The van der Waals surface area contributed by atoms with E-state index in [0.29, 0.717) is 35.2 Å². The Bertz CT molecular complexity index is 1620. The van der Waals surface area contributed by atoms with E-state index < -0.39 is 17.8 Å². The zero-order chi connectivity index (χ0) is 29.0. The highest BCUT2D eigenvalue weighted by Crippen LogP contribution is 2.31. The third-order valence-corrected chi connectivity index (χ3v) is 6.23. The molecular formula is C26H27F3N6O5. The smallest absolute Gasteiger partial charge is 0.487 e. The summed E-state index contributed by atoms with van der Waals surface area (Å²) in [6, 6.07) is 17.5. The molecule has 1 aliphatic heterocycles. The molecule has 0 aliphatic carbocycles. The van der Waals surface area contributed by atoms with Crippen LogP contribution in [0.15, 0.2) is 64.2 Å². The highest BCUT2D eigenvalue weighted by molar-refractivity contribution is 5.79. The van der Waals surface area contributed by atoms with Crippen molar-refractivity contribution in [1.82, 2.24) is 24.0 Å². The third kappa shape index (κ3) is 5.86. The quantitative estimate of drug-likeness (QED) is 0.380. The Labute approximate surface area is 225 Å². The normalized spacial score (nSPS) is 13.6. The number of ether oxygens (including phenoxy) is 1. The standard InChI is InChI=1S/C24H26N6O3.C2HF3O2/c1-27-21-20(22(31)28(2)24(27)32)30(23(26-21)29-14-12-25-13-15-29)18-10-6-7-11-19(18)33-16-17-8-4-3-5-9-17;3-2(4,5)1(6)7/h3-11,25H,12-16H2,1-2H3;(H,6,7). The fourth-order valence-electron chi connectivity index (χ4n) is 4.19. The number of aromatic nitrogens is 4. The summed E-state index contributed by atoms with van der Waals surface area (Å²) in [7, 11) is 3.13. The summed E-state index contributed by atoms with van der Waals surface area (Å²) in [5.74, 6) is -1.50. The van der Waals surface area contributed by atoms with Gasteiger partial charge in [-0.15, -0.1) is 0 Å². The molecule has 2 aromatic heterocycles. The van der Waals surface area contributed by atoms with E-state index in [-0.39, 0.29) is 5.56 Å². The van der Waals surface area contributed by atoms with Crippen molar-refractivity contribution in [3.63, 3.8) is 0 Å². The van der Waals surface area contributed by atoms with Gasteiger partial charge in [-0.2, -0.15) is 18.2 Å². The number of carbonyl (C=O) groups is 1. The number of nitrogens with zero attached hydrogens (tertiary/aromatic N) is 5. The Kier molecular flexibility index (Phi) is 8.28. The van der Waals surface area contributed by atoms with Gasteiger partial charge in [-0.3, -0.25) is 18.5 Å². The summed E-state index contributed by atoms with van der Waals surface area (Å²) in [6.45, 7) is 3.50. The molecule has 0 amide bonds. The maximum atomic E-state index is 13.3. The van der Waals surface area contributed by atoms with E-state index in [1.807, 2.05) is 59.2 Å². The van der Waals surface area contributed by atoms with Crippen molar-refractivity contribution in [2.24, 2.45) is 14.1 Å². The van der Waals surface area contributed by atoms with Crippen LogP contribution in [0.4, 0.5) is 19.1 Å². The number of alkyl halides is 3. The van der Waals surface area contributed by atoms with Gasteiger partial charge in [0.05, 0.1) is 5.69 Å². The SMILES string of the molecule is Cn1c(=O)c2c(nc(N3CCNCC3)n2-c2ccccc2OCc2ccccc2)n(C)c1=O.O=C(O)C(F)(F)F. The van der Waals surface area contributed by atoms with E-state index in [1.54, 1.807) is 7.05 Å². The zero-order valence-corrected chi connectivity index (χ0v) is 21.7. The summed E-state index contributed by atoms with van der Waals surface area (Å²) in [6.07, 6.45) is -5.08. The Hall–Kier alpha value is -4.59. The topological polar surface area (TPSA) is 124 Å². The van der Waals surface area contributed by atoms with Crippen molar-refractivity contribution < 1.29 is 27.8 Å². The van der Waals surface area contributed by atoms with Gasteiger partial charge in [0.15, 0.2) is 11.2 Å². The molecule has 1 saturated heterocycles. The molecule has 3 heterocycles. The highest BCUT2D eigenvalue weighted by atomic mass is 19.4. The second kappa shape index (κ2) is 11.7. The lowest BCUT2D eigenvalue weighted by Gasteiger charge is -2.29. The van der Waals surface area contributed by atoms with Gasteiger partial charge >= 0.3 is 17.8 Å². The van der Waals surface area contributed by atoms with Gasteiger partial charge in [0.1, 0.15) is 12.4 Å². The number of hydrogen-bond donors (Lipinski definition) is 2. The molecule has 0 spiro atoms. The van der Waals surface area contributed by atoms with Crippen LogP contribution in [-0.4, -0.2) is 62.1 Å². The monoisotopic (exact) mass is 560 g/mol. The molecule has 11 nitrogen and oxygen atoms in total. The van der Waals surface area contributed by atoms with Gasteiger partial charge in [0, 0.05) is 40.3 Å². The number of imidazole rings is 1. The number of halogens is 3. The van der Waals surface area contributed by atoms with Crippen LogP contribution < -0.4 is 26.2 Å². The Morgan fingerprint density at radius 3 is 2.23 bits per heavy atom. The van der Waals surface area contributed by atoms with Gasteiger partial charge in [-0.05, 0) is 17.7 Å². The average Bonchev–Trinajstić information content (AvgIpc) is 3.35. The van der Waals surface area contributed by atoms with E-state index in [0.717, 1.165) is 36.3 Å². The first-order valence-corrected chi connectivity index (χ1v) is 12.2. The largest absolute Gasteiger partial charge is 0.490 e. The van der Waals surface area contributed by atoms with Crippen molar-refractivity contribution in [1.29, 1.82) is 0 Å². The Morgan fingerprint density at radius 2 is 1.60 bits per heavy atom. The van der Waals surface area contributed by atoms with Crippen LogP contribution in [0.3, 0.4) is 0 Å². The number of aryl methyl sites for hydroxylation is 1. The van der Waals surface area contributed by atoms with E-state index in [2.05, 4.69) is 10.2 Å². The minimum Gasteiger partial charge on any atom is -0.487 e. The molecule has 0 atom stereocenters. The molecule has 4 aromatic rings. The fraction of sp³-hybridized carbons (Fsp3) is 0.308. The van der Waals surface area contributed by atoms with Crippen LogP contribution >= 0.6 is 0 Å². The average molecular weight is 561 g/mol. The number of anilines is 1. The maximum absolute atomic E-state index is 13.3. The van der Waals surface area contributed by atoms with E-state index in [4.69, 9.17) is 19.6 Å². The van der Waals surface area contributed by atoms with Crippen LogP contribution in [0.25, 0.3) is 16.9 Å². The zero-order valence-electron chi connectivity index (χ0n) is 21.7. The van der Waals surface area contributed by atoms with Crippen LogP contribution in [0.5, 0.6) is 5.75 Å². The third-order valence-electron chi connectivity index (χ3n) is 6.23. The molecular weight excluding hydrogens is 533 g/mol. The number of piperazine rings is 1. The summed E-state index contributed by atoms with van der Waals surface area (Å²) in [5, 5.41) is 10.5. The molecule has 2 aromatic carbocycles. The first-order chi connectivity index (χ1) is 19.0. The molecule has 1 aliphatic rings. The number of benzene rings is 2. The van der Waals surface area contributed by atoms with Crippen molar-refractivity contribution in [2.75, 3.05) is 31.1 Å². The molecule has 40 heavy (non-hydrogen) atoms. The molecule has 0 radical (unpaired) electrons. The molecule has 0 saturated carbocycles. The van der Waals surface area contributed by atoms with E-state index >= 15 is 0 Å². The van der Waals surface area contributed by atoms with Gasteiger partial charge in [0.25, 0.3) is 5.56 Å². The predicted molar refractivity (Wildman–Crippen MR) is 141 cm³/mol. The van der Waals surface area contributed by atoms with Crippen molar-refractivity contribution in [2.45, 2.75) is 12.8 Å². The highest BCUT2D eigenvalue weighted by Gasteiger charge is 2.38. The summed E-state index contributed by atoms with van der Waals surface area (Å²) < 4.78 is 42.3. The van der Waals surface area contributed by atoms with E-state index in [9.17, 15) is 22.8 Å². The summed E-state index contributed by atoms with van der Waals surface area (Å²) >= 11 is 0. The number of carboxylic acid groups (broad SMARTS) is 1. The second-order valence-corrected chi connectivity index (χ2v) is 8.91. The Morgan fingerprint density at radius 1 is 1.00 bits per heavy atom. The first-order valence-electron chi connectivity index (χ1n) is 12.2. The molecule has 0 unspecified atom stereocenters. The lowest BCUT2D eigenvalue weighted by molar-refractivity contribution is -0.192. The predicted octanol–water partition coefficient (Wildman–Crippen LogP) is 2.04. The van der Waals surface area contributed by atoms with Crippen molar-refractivity contribution in [3.8, 4) is 11.4 Å². The van der Waals surface area contributed by atoms with Crippen LogP contribution in [0, 0.1) is 0 Å². The van der Waals surface area contributed by atoms with Gasteiger partial charge in [0.2, 0.25) is 5.95 Å². The summed E-state index contributed by atoms with van der Waals surface area (Å²) in [4.78, 5) is 41.7. The molecule has 2 N–H and O–H groups in total. The van der Waals surface area contributed by atoms with E-state index in [1.165, 1.54) is 11.6 Å². The maximum Gasteiger partial charge on any atom is 0.490 e. The first kappa shape index (κ1) is 28.4. The van der Waals surface area contributed by atoms with Crippen LogP contribution in [0.2, 0.25) is 0 Å². The van der Waals surface area contributed by atoms with Gasteiger partial charge in [-0.1, -0.05) is 42.5 Å². The number of rotatable bonds is 5. The molecule has 212 valence electrons. The number of nitrogens with one attached hydrogen (secondary N) is 1. The Balaban J connectivity index is 0.000000470. The summed E-state index contributed by atoms with van der Waals surface area (Å²) in [5.41, 5.74) is 1.67. The number of aliphatic carboxylic acids is 1. The fourth-order valence-corrected chi connectivity index (χ4v) is 4.19. The van der Waals surface area contributed by atoms with Crippen LogP contribution in [-0.2, 0) is 25.5 Å². The van der Waals surface area contributed by atoms with Gasteiger partial charge < -0.3 is 20.1 Å². The lowest BCUT2D eigenvalue weighted by Crippen LogP contribution is -2.44. The number of carboxylic acids is 1. The minimum atomic E-state index is -5.08. The van der Waals surface area contributed by atoms with Gasteiger partial charge in [-0.25, -0.2) is 9.59 Å². The molecule has 14 heteroatoms. The molecule has 1 fully saturated rings. The number of hydrogen-bond acceptors (Lipinski definition) is 7. The molecule has 0 bridgehead atoms. The minimum absolute atomic E-state index is 0.351. The van der Waals surface area contributed by atoms with Crippen LogP contribution in [0.1, 0.15) is 5.56 Å². The lowest BCUT2D eigenvalue weighted by atomic mass is 10.2.